The van der Waals surface area contributed by atoms with Gasteiger partial charge in [0.2, 0.25) is 5.91 Å². The maximum absolute atomic E-state index is 12.3. The van der Waals surface area contributed by atoms with Gasteiger partial charge in [-0.25, -0.2) is 4.98 Å². The number of fused-ring (bicyclic) bond motifs is 2. The number of carboxylic acids is 1. The number of aliphatic carboxylic acids is 1. The zero-order chi connectivity index (χ0) is 14.3. The van der Waals surface area contributed by atoms with Gasteiger partial charge in [-0.1, -0.05) is 29.8 Å². The Kier molecular flexibility index (Phi) is 3.22. The van der Waals surface area contributed by atoms with Gasteiger partial charge < -0.3 is 10.4 Å². The largest absolute Gasteiger partial charge is 0.481 e. The monoisotopic (exact) mass is 292 g/mol. The summed E-state index contributed by atoms with van der Waals surface area (Å²) in [5.41, 5.74) is 0. The SMILES string of the molecule is O=C(O)C1C2C=CC(C2)C1C(=O)Nc1cccc(Cl)n1. The summed E-state index contributed by atoms with van der Waals surface area (Å²) in [7, 11) is 0. The summed E-state index contributed by atoms with van der Waals surface area (Å²) in [6, 6.07) is 4.92. The average Bonchev–Trinajstić information content (AvgIpc) is 2.98. The standard InChI is InChI=1S/C14H13ClN2O3/c15-9-2-1-3-10(16-9)17-13(18)11-7-4-5-8(6-7)12(11)14(19)20/h1-5,7-8,11-12H,6H2,(H,19,20)(H,16,17,18). The maximum Gasteiger partial charge on any atom is 0.307 e. The molecule has 1 fully saturated rings. The second-order valence-corrected chi connectivity index (χ2v) is 5.56. The van der Waals surface area contributed by atoms with Crippen LogP contribution < -0.4 is 5.32 Å². The Hall–Kier alpha value is -1.88. The van der Waals surface area contributed by atoms with E-state index in [9.17, 15) is 14.7 Å². The van der Waals surface area contributed by atoms with Gasteiger partial charge in [0.15, 0.2) is 0 Å². The van der Waals surface area contributed by atoms with Gasteiger partial charge in [-0.15, -0.1) is 0 Å². The minimum absolute atomic E-state index is 0.000263. The van der Waals surface area contributed by atoms with E-state index in [1.54, 1.807) is 18.2 Å². The number of nitrogens with zero attached hydrogens (tertiary/aromatic N) is 1. The fourth-order valence-electron chi connectivity index (χ4n) is 3.20. The second kappa shape index (κ2) is 4.90. The topological polar surface area (TPSA) is 79.3 Å². The molecule has 0 spiro atoms. The molecule has 2 aliphatic rings. The highest BCUT2D eigenvalue weighted by Gasteiger charge is 2.51. The molecule has 2 bridgehead atoms. The number of hydrogen-bond donors (Lipinski definition) is 2. The lowest BCUT2D eigenvalue weighted by Crippen LogP contribution is -2.36. The molecule has 2 aliphatic carbocycles. The van der Waals surface area contributed by atoms with Crippen LogP contribution in [0.15, 0.2) is 30.4 Å². The zero-order valence-electron chi connectivity index (χ0n) is 10.5. The Morgan fingerprint density at radius 1 is 1.25 bits per heavy atom. The molecule has 1 aromatic rings. The number of pyridine rings is 1. The number of allylic oxidation sites excluding steroid dienone is 2. The molecule has 5 nitrogen and oxygen atoms in total. The van der Waals surface area contributed by atoms with Crippen molar-refractivity contribution in [2.24, 2.45) is 23.7 Å². The number of carbonyl (C=O) groups excluding carboxylic acids is 1. The Morgan fingerprint density at radius 3 is 2.60 bits per heavy atom. The van der Waals surface area contributed by atoms with E-state index in [-0.39, 0.29) is 22.9 Å². The summed E-state index contributed by atoms with van der Waals surface area (Å²) in [4.78, 5) is 27.7. The van der Waals surface area contributed by atoms with E-state index >= 15 is 0 Å². The van der Waals surface area contributed by atoms with Crippen molar-refractivity contribution in [2.75, 3.05) is 5.32 Å². The van der Waals surface area contributed by atoms with Crippen LogP contribution in [-0.2, 0) is 9.59 Å². The molecule has 0 aliphatic heterocycles. The summed E-state index contributed by atoms with van der Waals surface area (Å²) in [5.74, 6) is -2.10. The van der Waals surface area contributed by atoms with Crippen LogP contribution in [0.1, 0.15) is 6.42 Å². The molecule has 0 aromatic carbocycles. The van der Waals surface area contributed by atoms with Crippen LogP contribution in [0.3, 0.4) is 0 Å². The van der Waals surface area contributed by atoms with Gasteiger partial charge in [0.25, 0.3) is 0 Å². The molecule has 0 radical (unpaired) electrons. The van der Waals surface area contributed by atoms with Gasteiger partial charge >= 0.3 is 5.97 Å². The molecule has 6 heteroatoms. The Labute approximate surface area is 120 Å². The van der Waals surface area contributed by atoms with E-state index in [2.05, 4.69) is 10.3 Å². The Balaban J connectivity index is 1.80. The number of hydrogen-bond acceptors (Lipinski definition) is 3. The van der Waals surface area contributed by atoms with Gasteiger partial charge in [0.1, 0.15) is 11.0 Å². The second-order valence-electron chi connectivity index (χ2n) is 5.17. The number of rotatable bonds is 3. The fourth-order valence-corrected chi connectivity index (χ4v) is 3.37. The predicted octanol–water partition coefficient (Wildman–Crippen LogP) is 2.20. The first-order valence-electron chi connectivity index (χ1n) is 6.41. The van der Waals surface area contributed by atoms with E-state index in [4.69, 9.17) is 11.6 Å². The van der Waals surface area contributed by atoms with Crippen molar-refractivity contribution in [3.05, 3.63) is 35.5 Å². The molecule has 1 saturated carbocycles. The van der Waals surface area contributed by atoms with Crippen molar-refractivity contribution in [2.45, 2.75) is 6.42 Å². The Morgan fingerprint density at radius 2 is 1.95 bits per heavy atom. The smallest absolute Gasteiger partial charge is 0.307 e. The number of carboxylic acid groups (broad SMARTS) is 1. The predicted molar refractivity (Wildman–Crippen MR) is 73.2 cm³/mol. The normalized spacial score (nSPS) is 30.4. The molecular formula is C14H13ClN2O3. The summed E-state index contributed by atoms with van der Waals surface area (Å²) in [6.07, 6.45) is 4.59. The number of carbonyl (C=O) groups is 2. The quantitative estimate of drug-likeness (QED) is 0.661. The molecule has 104 valence electrons. The number of aromatic nitrogens is 1. The van der Waals surface area contributed by atoms with Gasteiger partial charge in [-0.05, 0) is 30.4 Å². The van der Waals surface area contributed by atoms with Crippen LogP contribution in [0.2, 0.25) is 5.15 Å². The number of halogens is 1. The van der Waals surface area contributed by atoms with Crippen LogP contribution >= 0.6 is 11.6 Å². The van der Waals surface area contributed by atoms with Crippen LogP contribution in [0.4, 0.5) is 5.82 Å². The number of anilines is 1. The van der Waals surface area contributed by atoms with Crippen molar-refractivity contribution < 1.29 is 14.7 Å². The van der Waals surface area contributed by atoms with Crippen molar-refractivity contribution in [3.63, 3.8) is 0 Å². The van der Waals surface area contributed by atoms with E-state index in [0.29, 0.717) is 5.82 Å². The van der Waals surface area contributed by atoms with Gasteiger partial charge in [0.05, 0.1) is 11.8 Å². The van der Waals surface area contributed by atoms with Gasteiger partial charge in [-0.3, -0.25) is 9.59 Å². The number of nitrogens with one attached hydrogen (secondary N) is 1. The molecule has 4 atom stereocenters. The molecule has 4 unspecified atom stereocenters. The highest BCUT2D eigenvalue weighted by molar-refractivity contribution is 6.29. The van der Waals surface area contributed by atoms with Gasteiger partial charge in [0, 0.05) is 0 Å². The first-order valence-corrected chi connectivity index (χ1v) is 6.78. The minimum atomic E-state index is -0.916. The van der Waals surface area contributed by atoms with Crippen LogP contribution in [0.5, 0.6) is 0 Å². The average molecular weight is 293 g/mol. The molecular weight excluding hydrogens is 280 g/mol. The summed E-state index contributed by atoms with van der Waals surface area (Å²) in [5, 5.41) is 12.3. The number of amides is 1. The summed E-state index contributed by atoms with van der Waals surface area (Å²) < 4.78 is 0. The summed E-state index contributed by atoms with van der Waals surface area (Å²) in [6.45, 7) is 0. The van der Waals surface area contributed by atoms with Crippen LogP contribution in [0, 0.1) is 23.7 Å². The molecule has 1 aromatic heterocycles. The third-order valence-corrected chi connectivity index (χ3v) is 4.22. The maximum atomic E-state index is 12.3. The lowest BCUT2D eigenvalue weighted by Gasteiger charge is -2.23. The first-order chi connectivity index (χ1) is 9.56. The summed E-state index contributed by atoms with van der Waals surface area (Å²) >= 11 is 5.76. The van der Waals surface area contributed by atoms with Crippen LogP contribution in [-0.4, -0.2) is 22.0 Å². The van der Waals surface area contributed by atoms with Crippen molar-refractivity contribution in [1.29, 1.82) is 0 Å². The van der Waals surface area contributed by atoms with E-state index < -0.39 is 17.8 Å². The lowest BCUT2D eigenvalue weighted by molar-refractivity contribution is -0.146. The van der Waals surface area contributed by atoms with Crippen molar-refractivity contribution in [1.82, 2.24) is 4.98 Å². The third kappa shape index (κ3) is 2.18. The Bertz CT molecular complexity index is 602. The van der Waals surface area contributed by atoms with E-state index in [0.717, 1.165) is 6.42 Å². The van der Waals surface area contributed by atoms with Crippen LogP contribution in [0.25, 0.3) is 0 Å². The van der Waals surface area contributed by atoms with Crippen molar-refractivity contribution >= 4 is 29.3 Å². The first kappa shape index (κ1) is 13.1. The fraction of sp³-hybridized carbons (Fsp3) is 0.357. The highest BCUT2D eigenvalue weighted by atomic mass is 35.5. The molecule has 1 heterocycles. The molecule has 20 heavy (non-hydrogen) atoms. The lowest BCUT2D eigenvalue weighted by atomic mass is 9.82. The molecule has 2 N–H and O–H groups in total. The third-order valence-electron chi connectivity index (χ3n) is 4.01. The highest BCUT2D eigenvalue weighted by Crippen LogP contribution is 2.48. The van der Waals surface area contributed by atoms with Crippen molar-refractivity contribution in [3.8, 4) is 0 Å². The molecule has 0 saturated heterocycles. The molecule has 1 amide bonds. The molecule has 3 rings (SSSR count). The van der Waals surface area contributed by atoms with Gasteiger partial charge in [-0.2, -0.15) is 0 Å². The zero-order valence-corrected chi connectivity index (χ0v) is 11.2. The van der Waals surface area contributed by atoms with E-state index in [1.165, 1.54) is 0 Å². The minimum Gasteiger partial charge on any atom is -0.481 e. The van der Waals surface area contributed by atoms with E-state index in [1.807, 2.05) is 12.2 Å².